The lowest BCUT2D eigenvalue weighted by Gasteiger charge is -2.23. The van der Waals surface area contributed by atoms with Crippen LogP contribution in [0.15, 0.2) is 24.3 Å². The minimum Gasteiger partial charge on any atom is -0.376 e. The van der Waals surface area contributed by atoms with Gasteiger partial charge < -0.3 is 20.1 Å². The number of hydrogen-bond acceptors (Lipinski definition) is 4. The molecule has 1 amide bonds. The number of aryl methyl sites for hydroxylation is 1. The van der Waals surface area contributed by atoms with Crippen LogP contribution >= 0.6 is 0 Å². The van der Waals surface area contributed by atoms with Gasteiger partial charge in [0.15, 0.2) is 0 Å². The number of carbonyl (C=O) groups excluding carboxylic acids is 1. The van der Waals surface area contributed by atoms with Crippen molar-refractivity contribution in [1.29, 1.82) is 0 Å². The average Bonchev–Trinajstić information content (AvgIpc) is 2.43. The van der Waals surface area contributed by atoms with Crippen molar-refractivity contribution in [2.75, 3.05) is 38.2 Å². The van der Waals surface area contributed by atoms with Crippen molar-refractivity contribution in [2.24, 2.45) is 0 Å². The van der Waals surface area contributed by atoms with E-state index in [1.807, 2.05) is 31.2 Å². The molecular weight excluding hydrogens is 244 g/mol. The van der Waals surface area contributed by atoms with E-state index in [1.165, 1.54) is 5.56 Å². The number of ether oxygens (including phenoxy) is 2. The van der Waals surface area contributed by atoms with Gasteiger partial charge in [0.05, 0.1) is 32.5 Å². The van der Waals surface area contributed by atoms with E-state index in [9.17, 15) is 4.79 Å². The van der Waals surface area contributed by atoms with Crippen molar-refractivity contribution in [1.82, 2.24) is 5.32 Å². The number of amides is 1. The Labute approximate surface area is 113 Å². The SMILES string of the molecule is Cc1ccc(NC(=O)CNCC2COCCO2)cc1. The second-order valence-electron chi connectivity index (χ2n) is 4.61. The van der Waals surface area contributed by atoms with Crippen molar-refractivity contribution < 1.29 is 14.3 Å². The molecule has 2 rings (SSSR count). The molecule has 0 radical (unpaired) electrons. The fourth-order valence-corrected chi connectivity index (χ4v) is 1.84. The summed E-state index contributed by atoms with van der Waals surface area (Å²) in [6.07, 6.45) is 0.0425. The van der Waals surface area contributed by atoms with Gasteiger partial charge in [-0.15, -0.1) is 0 Å². The molecular formula is C14H20N2O3. The monoisotopic (exact) mass is 264 g/mol. The minimum atomic E-state index is -0.0550. The molecule has 5 nitrogen and oxygen atoms in total. The Morgan fingerprint density at radius 3 is 2.79 bits per heavy atom. The lowest BCUT2D eigenvalue weighted by Crippen LogP contribution is -2.40. The minimum absolute atomic E-state index is 0.0425. The molecule has 0 saturated carbocycles. The molecule has 1 saturated heterocycles. The third kappa shape index (κ3) is 4.98. The summed E-state index contributed by atoms with van der Waals surface area (Å²) in [6.45, 7) is 4.79. The summed E-state index contributed by atoms with van der Waals surface area (Å²) in [5.41, 5.74) is 1.99. The maximum atomic E-state index is 11.7. The Balaban J connectivity index is 1.65. The first-order valence-corrected chi connectivity index (χ1v) is 6.50. The van der Waals surface area contributed by atoms with Crippen LogP contribution in [0.4, 0.5) is 5.69 Å². The number of nitrogens with one attached hydrogen (secondary N) is 2. The van der Waals surface area contributed by atoms with Crippen LogP contribution in [-0.4, -0.2) is 44.9 Å². The highest BCUT2D eigenvalue weighted by Crippen LogP contribution is 2.08. The van der Waals surface area contributed by atoms with Crippen LogP contribution < -0.4 is 10.6 Å². The molecule has 1 atom stereocenters. The van der Waals surface area contributed by atoms with E-state index >= 15 is 0 Å². The summed E-state index contributed by atoms with van der Waals surface area (Å²) in [5.74, 6) is -0.0550. The number of rotatable bonds is 5. The van der Waals surface area contributed by atoms with Gasteiger partial charge in [-0.1, -0.05) is 17.7 Å². The first-order chi connectivity index (χ1) is 9.24. The molecule has 1 unspecified atom stereocenters. The summed E-state index contributed by atoms with van der Waals surface area (Å²) in [7, 11) is 0. The molecule has 0 aliphatic carbocycles. The van der Waals surface area contributed by atoms with Gasteiger partial charge in [-0.2, -0.15) is 0 Å². The van der Waals surface area contributed by atoms with E-state index in [0.717, 1.165) is 5.69 Å². The maximum Gasteiger partial charge on any atom is 0.238 e. The molecule has 1 aliphatic rings. The van der Waals surface area contributed by atoms with E-state index in [0.29, 0.717) is 26.4 Å². The van der Waals surface area contributed by atoms with Crippen molar-refractivity contribution in [3.63, 3.8) is 0 Å². The molecule has 1 aliphatic heterocycles. The van der Waals surface area contributed by atoms with Gasteiger partial charge in [-0.25, -0.2) is 0 Å². The fourth-order valence-electron chi connectivity index (χ4n) is 1.84. The highest BCUT2D eigenvalue weighted by atomic mass is 16.6. The third-order valence-electron chi connectivity index (χ3n) is 2.88. The average molecular weight is 264 g/mol. The van der Waals surface area contributed by atoms with Gasteiger partial charge in [-0.05, 0) is 19.1 Å². The number of benzene rings is 1. The van der Waals surface area contributed by atoms with Crippen molar-refractivity contribution >= 4 is 11.6 Å². The highest BCUT2D eigenvalue weighted by Gasteiger charge is 2.14. The Morgan fingerprint density at radius 1 is 1.32 bits per heavy atom. The van der Waals surface area contributed by atoms with E-state index in [-0.39, 0.29) is 18.6 Å². The Kier molecular flexibility index (Phi) is 5.32. The molecule has 104 valence electrons. The van der Waals surface area contributed by atoms with Crippen LogP contribution in [0.3, 0.4) is 0 Å². The highest BCUT2D eigenvalue weighted by molar-refractivity contribution is 5.92. The van der Waals surface area contributed by atoms with Gasteiger partial charge >= 0.3 is 0 Å². The number of hydrogen-bond donors (Lipinski definition) is 2. The molecule has 1 aromatic carbocycles. The first-order valence-electron chi connectivity index (χ1n) is 6.50. The number of carbonyl (C=O) groups is 1. The molecule has 2 N–H and O–H groups in total. The molecule has 1 heterocycles. The Hall–Kier alpha value is -1.43. The summed E-state index contributed by atoms with van der Waals surface area (Å²) in [4.78, 5) is 11.7. The standard InChI is InChI=1S/C14H20N2O3/c1-11-2-4-12(5-3-11)16-14(17)9-15-8-13-10-18-6-7-19-13/h2-5,13,15H,6-10H2,1H3,(H,16,17). The van der Waals surface area contributed by atoms with Crippen LogP contribution in [0.25, 0.3) is 0 Å². The van der Waals surface area contributed by atoms with Crippen LogP contribution in [0.2, 0.25) is 0 Å². The summed E-state index contributed by atoms with van der Waals surface area (Å²) in [5, 5.41) is 5.90. The molecule has 19 heavy (non-hydrogen) atoms. The molecule has 0 bridgehead atoms. The van der Waals surface area contributed by atoms with Crippen LogP contribution in [0, 0.1) is 6.92 Å². The Bertz CT molecular complexity index is 400. The smallest absolute Gasteiger partial charge is 0.238 e. The van der Waals surface area contributed by atoms with Crippen molar-refractivity contribution in [3.8, 4) is 0 Å². The van der Waals surface area contributed by atoms with E-state index in [2.05, 4.69) is 10.6 Å². The lowest BCUT2D eigenvalue weighted by atomic mass is 10.2. The fraction of sp³-hybridized carbons (Fsp3) is 0.500. The van der Waals surface area contributed by atoms with Crippen molar-refractivity contribution in [3.05, 3.63) is 29.8 Å². The zero-order valence-electron chi connectivity index (χ0n) is 11.1. The number of anilines is 1. The van der Waals surface area contributed by atoms with Gasteiger partial charge in [-0.3, -0.25) is 4.79 Å². The predicted octanol–water partition coefficient (Wildman–Crippen LogP) is 0.939. The predicted molar refractivity (Wildman–Crippen MR) is 73.2 cm³/mol. The van der Waals surface area contributed by atoms with Crippen LogP contribution in [0.5, 0.6) is 0 Å². The third-order valence-corrected chi connectivity index (χ3v) is 2.88. The summed E-state index contributed by atoms with van der Waals surface area (Å²) in [6, 6.07) is 7.73. The maximum absolute atomic E-state index is 11.7. The first kappa shape index (κ1) is 14.0. The van der Waals surface area contributed by atoms with E-state index in [1.54, 1.807) is 0 Å². The molecule has 1 aromatic rings. The second-order valence-corrected chi connectivity index (χ2v) is 4.61. The van der Waals surface area contributed by atoms with Gasteiger partial charge in [0, 0.05) is 12.2 Å². The topological polar surface area (TPSA) is 59.6 Å². The van der Waals surface area contributed by atoms with Crippen molar-refractivity contribution in [2.45, 2.75) is 13.0 Å². The lowest BCUT2D eigenvalue weighted by molar-refractivity contribution is -0.116. The quantitative estimate of drug-likeness (QED) is 0.831. The largest absolute Gasteiger partial charge is 0.376 e. The van der Waals surface area contributed by atoms with Gasteiger partial charge in [0.25, 0.3) is 0 Å². The molecule has 5 heteroatoms. The van der Waals surface area contributed by atoms with E-state index in [4.69, 9.17) is 9.47 Å². The van der Waals surface area contributed by atoms with Gasteiger partial charge in [0.1, 0.15) is 0 Å². The van der Waals surface area contributed by atoms with E-state index < -0.39 is 0 Å². The second kappa shape index (κ2) is 7.23. The molecule has 0 aromatic heterocycles. The van der Waals surface area contributed by atoms with Crippen LogP contribution in [0.1, 0.15) is 5.56 Å². The summed E-state index contributed by atoms with van der Waals surface area (Å²) >= 11 is 0. The van der Waals surface area contributed by atoms with Gasteiger partial charge in [0.2, 0.25) is 5.91 Å². The summed E-state index contributed by atoms with van der Waals surface area (Å²) < 4.78 is 10.8. The zero-order valence-corrected chi connectivity index (χ0v) is 11.1. The molecule has 1 fully saturated rings. The normalized spacial score (nSPS) is 19.1. The van der Waals surface area contributed by atoms with Crippen LogP contribution in [-0.2, 0) is 14.3 Å². The Morgan fingerprint density at radius 2 is 2.11 bits per heavy atom. The molecule has 0 spiro atoms. The zero-order chi connectivity index (χ0) is 13.5.